The van der Waals surface area contributed by atoms with Gasteiger partial charge in [0.05, 0.1) is 6.10 Å². The number of nitrogens with one attached hydrogen (secondary N) is 1. The highest BCUT2D eigenvalue weighted by Gasteiger charge is 2.07. The largest absolute Gasteiger partial charge is 0.391 e. The van der Waals surface area contributed by atoms with Gasteiger partial charge in [-0.2, -0.15) is 0 Å². The van der Waals surface area contributed by atoms with E-state index >= 15 is 0 Å². The van der Waals surface area contributed by atoms with Gasteiger partial charge in [-0.3, -0.25) is 0 Å². The van der Waals surface area contributed by atoms with Crippen LogP contribution in [-0.2, 0) is 6.42 Å². The number of hydrogen-bond acceptors (Lipinski definition) is 2. The summed E-state index contributed by atoms with van der Waals surface area (Å²) in [6.07, 6.45) is 0.752. The number of aliphatic hydroxyl groups excluding tert-OH is 1. The number of halogens is 2. The van der Waals surface area contributed by atoms with E-state index in [1.54, 1.807) is 0 Å². The molecule has 0 bridgehead atoms. The van der Waals surface area contributed by atoms with E-state index in [0.717, 1.165) is 25.1 Å². The van der Waals surface area contributed by atoms with Crippen LogP contribution in [0.5, 0.6) is 0 Å². The van der Waals surface area contributed by atoms with Crippen LogP contribution in [-0.4, -0.2) is 24.3 Å². The van der Waals surface area contributed by atoms with Crippen LogP contribution < -0.4 is 5.32 Å². The average Bonchev–Trinajstić information content (AvgIpc) is 2.24. The summed E-state index contributed by atoms with van der Waals surface area (Å²) in [6.45, 7) is 3.34. The van der Waals surface area contributed by atoms with Crippen LogP contribution in [0.4, 0.5) is 8.78 Å². The van der Waals surface area contributed by atoms with Gasteiger partial charge in [-0.05, 0) is 37.1 Å². The highest BCUT2D eigenvalue weighted by molar-refractivity contribution is 5.18. The lowest BCUT2D eigenvalue weighted by Crippen LogP contribution is -2.28. The second-order valence-electron chi connectivity index (χ2n) is 3.81. The first-order valence-corrected chi connectivity index (χ1v) is 5.46. The Morgan fingerprint density at radius 2 is 2.06 bits per heavy atom. The highest BCUT2D eigenvalue weighted by Crippen LogP contribution is 2.10. The van der Waals surface area contributed by atoms with Crippen molar-refractivity contribution in [3.05, 3.63) is 35.4 Å². The van der Waals surface area contributed by atoms with Crippen molar-refractivity contribution in [3.63, 3.8) is 0 Å². The molecule has 4 heteroatoms. The zero-order chi connectivity index (χ0) is 12.0. The standard InChI is InChI=1S/C12H17F2NO/c1-2-5-15-8-10(16)6-9-3-4-11(13)12(14)7-9/h3-4,7,10,15-16H,2,5-6,8H2,1H3. The molecule has 0 fully saturated rings. The fourth-order valence-electron chi connectivity index (χ4n) is 1.46. The summed E-state index contributed by atoms with van der Waals surface area (Å²) in [5.74, 6) is -1.73. The third-order valence-corrected chi connectivity index (χ3v) is 2.26. The maximum atomic E-state index is 12.9. The van der Waals surface area contributed by atoms with Crippen molar-refractivity contribution in [3.8, 4) is 0 Å². The topological polar surface area (TPSA) is 32.3 Å². The minimum absolute atomic E-state index is 0.327. The van der Waals surface area contributed by atoms with Crippen LogP contribution in [0.3, 0.4) is 0 Å². The van der Waals surface area contributed by atoms with Crippen LogP contribution in [0.2, 0.25) is 0 Å². The minimum Gasteiger partial charge on any atom is -0.391 e. The van der Waals surface area contributed by atoms with Crippen LogP contribution in [0, 0.1) is 11.6 Å². The fourth-order valence-corrected chi connectivity index (χ4v) is 1.46. The molecule has 0 heterocycles. The van der Waals surface area contributed by atoms with E-state index < -0.39 is 17.7 Å². The molecule has 1 rings (SSSR count). The molecular formula is C12H17F2NO. The monoisotopic (exact) mass is 229 g/mol. The molecule has 0 amide bonds. The maximum absolute atomic E-state index is 12.9. The predicted octanol–water partition coefficient (Wildman–Crippen LogP) is 1.87. The Hall–Kier alpha value is -1.00. The van der Waals surface area contributed by atoms with Gasteiger partial charge in [0.15, 0.2) is 11.6 Å². The molecule has 0 radical (unpaired) electrons. The van der Waals surface area contributed by atoms with Gasteiger partial charge in [0, 0.05) is 6.54 Å². The highest BCUT2D eigenvalue weighted by atomic mass is 19.2. The quantitative estimate of drug-likeness (QED) is 0.730. The molecular weight excluding hydrogens is 212 g/mol. The maximum Gasteiger partial charge on any atom is 0.159 e. The Kier molecular flexibility index (Phi) is 5.35. The van der Waals surface area contributed by atoms with Gasteiger partial charge < -0.3 is 10.4 Å². The fraction of sp³-hybridized carbons (Fsp3) is 0.500. The van der Waals surface area contributed by atoms with Gasteiger partial charge in [-0.1, -0.05) is 13.0 Å². The van der Waals surface area contributed by atoms with Gasteiger partial charge in [0.2, 0.25) is 0 Å². The van der Waals surface area contributed by atoms with Crippen molar-refractivity contribution in [2.45, 2.75) is 25.9 Å². The molecule has 0 aliphatic carbocycles. The Morgan fingerprint density at radius 3 is 2.69 bits per heavy atom. The summed E-state index contributed by atoms with van der Waals surface area (Å²) >= 11 is 0. The second-order valence-corrected chi connectivity index (χ2v) is 3.81. The molecule has 90 valence electrons. The summed E-state index contributed by atoms with van der Waals surface area (Å²) in [5.41, 5.74) is 0.602. The first kappa shape index (κ1) is 13.1. The summed E-state index contributed by atoms with van der Waals surface area (Å²) in [4.78, 5) is 0. The first-order chi connectivity index (χ1) is 7.63. The van der Waals surface area contributed by atoms with E-state index in [1.807, 2.05) is 6.92 Å². The van der Waals surface area contributed by atoms with Gasteiger partial charge in [0.1, 0.15) is 0 Å². The lowest BCUT2D eigenvalue weighted by molar-refractivity contribution is 0.172. The SMILES string of the molecule is CCCNCC(O)Cc1ccc(F)c(F)c1. The Morgan fingerprint density at radius 1 is 1.31 bits per heavy atom. The smallest absolute Gasteiger partial charge is 0.159 e. The molecule has 2 N–H and O–H groups in total. The van der Waals surface area contributed by atoms with Crippen LogP contribution >= 0.6 is 0 Å². The number of benzene rings is 1. The molecule has 0 aliphatic heterocycles. The van der Waals surface area contributed by atoms with Crippen LogP contribution in [0.15, 0.2) is 18.2 Å². The molecule has 0 aromatic heterocycles. The molecule has 0 spiro atoms. The van der Waals surface area contributed by atoms with Gasteiger partial charge in [-0.25, -0.2) is 8.78 Å². The summed E-state index contributed by atoms with van der Waals surface area (Å²) < 4.78 is 25.5. The van der Waals surface area contributed by atoms with Gasteiger partial charge >= 0.3 is 0 Å². The molecule has 1 aromatic carbocycles. The summed E-state index contributed by atoms with van der Waals surface area (Å²) in [7, 11) is 0. The third kappa shape index (κ3) is 4.24. The van der Waals surface area contributed by atoms with E-state index in [0.29, 0.717) is 18.5 Å². The average molecular weight is 229 g/mol. The molecule has 1 aromatic rings. The van der Waals surface area contributed by atoms with Crippen molar-refractivity contribution in [2.75, 3.05) is 13.1 Å². The summed E-state index contributed by atoms with van der Waals surface area (Å²) in [6, 6.07) is 3.69. The van der Waals surface area contributed by atoms with Crippen LogP contribution in [0.1, 0.15) is 18.9 Å². The number of hydrogen-bond donors (Lipinski definition) is 2. The Bertz CT molecular complexity index is 331. The van der Waals surface area contributed by atoms with Gasteiger partial charge in [-0.15, -0.1) is 0 Å². The Labute approximate surface area is 94.3 Å². The predicted molar refractivity (Wildman–Crippen MR) is 59.2 cm³/mol. The molecule has 1 atom stereocenters. The van der Waals surface area contributed by atoms with Crippen molar-refractivity contribution >= 4 is 0 Å². The van der Waals surface area contributed by atoms with E-state index in [-0.39, 0.29) is 0 Å². The van der Waals surface area contributed by atoms with Crippen molar-refractivity contribution in [1.29, 1.82) is 0 Å². The van der Waals surface area contributed by atoms with E-state index in [9.17, 15) is 13.9 Å². The summed E-state index contributed by atoms with van der Waals surface area (Å²) in [5, 5.41) is 12.7. The molecule has 16 heavy (non-hydrogen) atoms. The molecule has 0 saturated carbocycles. The Balaban J connectivity index is 2.43. The molecule has 1 unspecified atom stereocenters. The van der Waals surface area contributed by atoms with Crippen molar-refractivity contribution < 1.29 is 13.9 Å². The lowest BCUT2D eigenvalue weighted by Gasteiger charge is -2.11. The van der Waals surface area contributed by atoms with E-state index in [1.165, 1.54) is 6.07 Å². The van der Waals surface area contributed by atoms with E-state index in [4.69, 9.17) is 0 Å². The molecule has 0 aliphatic rings. The normalized spacial score (nSPS) is 12.8. The van der Waals surface area contributed by atoms with Gasteiger partial charge in [0.25, 0.3) is 0 Å². The lowest BCUT2D eigenvalue weighted by atomic mass is 10.1. The van der Waals surface area contributed by atoms with Crippen molar-refractivity contribution in [2.24, 2.45) is 0 Å². The first-order valence-electron chi connectivity index (χ1n) is 5.46. The second kappa shape index (κ2) is 6.55. The zero-order valence-electron chi connectivity index (χ0n) is 9.34. The third-order valence-electron chi connectivity index (χ3n) is 2.26. The number of aliphatic hydroxyl groups is 1. The van der Waals surface area contributed by atoms with E-state index in [2.05, 4.69) is 5.32 Å². The number of rotatable bonds is 6. The molecule has 0 saturated heterocycles. The van der Waals surface area contributed by atoms with Crippen LogP contribution in [0.25, 0.3) is 0 Å². The van der Waals surface area contributed by atoms with Crippen molar-refractivity contribution in [1.82, 2.24) is 5.32 Å². The zero-order valence-corrected chi connectivity index (χ0v) is 9.34. The molecule has 2 nitrogen and oxygen atoms in total. The minimum atomic E-state index is -0.869.